The molecule has 0 N–H and O–H groups in total. The van der Waals surface area contributed by atoms with Crippen LogP contribution in [0.15, 0.2) is 0 Å². The van der Waals surface area contributed by atoms with Gasteiger partial charge in [-0.25, -0.2) is 0 Å². The second-order valence-corrected chi connectivity index (χ2v) is 0.577. The molecule has 0 aliphatic heterocycles. The summed E-state index contributed by atoms with van der Waals surface area (Å²) in [7, 11) is 0. The molecule has 0 aliphatic rings. The molecule has 0 aromatic rings. The summed E-state index contributed by atoms with van der Waals surface area (Å²) in [5.74, 6) is 0. The molecule has 0 saturated heterocycles. The minimum absolute atomic E-state index is 1.69. The van der Waals surface area contributed by atoms with Crippen molar-refractivity contribution in [2.75, 3.05) is 0 Å². The zero-order chi connectivity index (χ0) is 4.71. The maximum absolute atomic E-state index is 8.06. The molecule has 0 aliphatic carbocycles. The van der Waals surface area contributed by atoms with Crippen molar-refractivity contribution in [2.24, 2.45) is 0 Å². The molecule has 0 amide bonds. The van der Waals surface area contributed by atoms with Crippen LogP contribution in [0, 0.1) is 6.42 Å². The van der Waals surface area contributed by atoms with Crippen LogP contribution < -0.4 is 0 Å². The van der Waals surface area contributed by atoms with Crippen LogP contribution in [0.3, 0.4) is 0 Å². The predicted molar refractivity (Wildman–Crippen MR) is 16.3 cm³/mol. The summed E-state index contributed by atoms with van der Waals surface area (Å²) in [6.45, 7) is 4.00. The minimum atomic E-state index is 1.69. The van der Waals surface area contributed by atoms with Gasteiger partial charge in [-0.15, -0.1) is 0 Å². The quantitative estimate of drug-likeness (QED) is 0.431. The Morgan fingerprint density at radius 3 is 1.40 bits per heavy atom. The molecule has 0 aromatic heterocycles. The van der Waals surface area contributed by atoms with E-state index in [1.165, 1.54) is 0 Å². The van der Waals surface area contributed by atoms with Crippen LogP contribution in [0.4, 0.5) is 0 Å². The molecule has 0 bridgehead atoms. The van der Waals surface area contributed by atoms with Crippen molar-refractivity contribution < 1.29 is 19.8 Å². The van der Waals surface area contributed by atoms with Crippen LogP contribution in [-0.2, 0) is 19.8 Å². The third kappa shape index (κ3) is 228. The third-order valence-electron chi connectivity index (χ3n) is 0. The Morgan fingerprint density at radius 1 is 1.40 bits per heavy atom. The second-order valence-electron chi connectivity index (χ2n) is 0.577. The predicted octanol–water partition coefficient (Wildman–Crippen LogP) is 1.11. The molecule has 32 valence electrons. The molecule has 2 heteroatoms. The van der Waals surface area contributed by atoms with Crippen molar-refractivity contribution in [3.05, 3.63) is 6.42 Å². The van der Waals surface area contributed by atoms with Gasteiger partial charge in [-0.2, -0.15) is 0 Å². The van der Waals surface area contributed by atoms with Crippen LogP contribution in [-0.4, -0.2) is 0 Å². The van der Waals surface area contributed by atoms with Crippen molar-refractivity contribution in [3.8, 4) is 0 Å². The molecule has 0 atom stereocenters. The molecule has 0 unspecified atom stereocenters. The Hall–Kier alpha value is 0.319. The fraction of sp³-hybridized carbons (Fsp3) is 0.667. The van der Waals surface area contributed by atoms with E-state index >= 15 is 0 Å². The van der Waals surface area contributed by atoms with E-state index in [2.05, 4.69) is 0 Å². The zero-order valence-electron chi connectivity index (χ0n) is 3.36. The van der Waals surface area contributed by atoms with Gasteiger partial charge in [0.05, 0.1) is 0 Å². The fourth-order valence-electron chi connectivity index (χ4n) is 0. The van der Waals surface area contributed by atoms with E-state index in [4.69, 9.17) is 3.83 Å². The summed E-state index contributed by atoms with van der Waals surface area (Å²) >= 11 is 1.69. The first-order valence-electron chi connectivity index (χ1n) is 1.31. The summed E-state index contributed by atoms with van der Waals surface area (Å²) in [4.78, 5) is 0. The van der Waals surface area contributed by atoms with Gasteiger partial charge in [0, 0.05) is 0 Å². The van der Waals surface area contributed by atoms with Crippen LogP contribution >= 0.6 is 0 Å². The summed E-state index contributed by atoms with van der Waals surface area (Å²) in [6, 6.07) is 0. The van der Waals surface area contributed by atoms with Gasteiger partial charge in [-0.1, -0.05) is 13.8 Å². The first kappa shape index (κ1) is 9.01. The summed E-state index contributed by atoms with van der Waals surface area (Å²) in [5.41, 5.74) is 0. The van der Waals surface area contributed by atoms with Gasteiger partial charge < -0.3 is 0 Å². The van der Waals surface area contributed by atoms with Crippen molar-refractivity contribution in [1.82, 2.24) is 0 Å². The van der Waals surface area contributed by atoms with E-state index < -0.39 is 0 Å². The average molecular weight is 114 g/mol. The van der Waals surface area contributed by atoms with Gasteiger partial charge in [0.25, 0.3) is 0 Å². The maximum atomic E-state index is 8.06. The molecular formula is C3H7MnO. The van der Waals surface area contributed by atoms with Crippen molar-refractivity contribution in [3.63, 3.8) is 0 Å². The summed E-state index contributed by atoms with van der Waals surface area (Å²) in [6.07, 6.45) is 2.00. The van der Waals surface area contributed by atoms with Crippen LogP contribution in [0.2, 0.25) is 0 Å². The molecule has 0 heterocycles. The van der Waals surface area contributed by atoms with E-state index in [1.54, 1.807) is 15.9 Å². The van der Waals surface area contributed by atoms with Gasteiger partial charge in [0.2, 0.25) is 0 Å². The number of hydrogen-bond acceptors (Lipinski definition) is 1. The van der Waals surface area contributed by atoms with Crippen LogP contribution in [0.1, 0.15) is 13.8 Å². The monoisotopic (exact) mass is 114 g/mol. The Bertz CT molecular complexity index is 10.9. The molecule has 0 saturated carbocycles. The van der Waals surface area contributed by atoms with E-state index in [0.29, 0.717) is 0 Å². The molecule has 0 fully saturated rings. The number of hydrogen-bond donors (Lipinski definition) is 0. The summed E-state index contributed by atoms with van der Waals surface area (Å²) in [5, 5.41) is 0. The van der Waals surface area contributed by atoms with Gasteiger partial charge in [0.1, 0.15) is 0 Å². The first-order valence-corrected chi connectivity index (χ1v) is 1.79. The van der Waals surface area contributed by atoms with E-state index in [0.717, 1.165) is 0 Å². The topological polar surface area (TPSA) is 17.1 Å². The van der Waals surface area contributed by atoms with Gasteiger partial charge >= 0.3 is 19.8 Å². The molecule has 1 radical (unpaired) electrons. The zero-order valence-corrected chi connectivity index (χ0v) is 4.54. The standard InChI is InChI=1S/C3H7.Mn.O/c1-3-2;;/h3H,1-2H3;;. The van der Waals surface area contributed by atoms with E-state index in [1.807, 2.05) is 20.3 Å². The SMILES string of the molecule is C[CH]C.[O]=[Mn]. The van der Waals surface area contributed by atoms with E-state index in [9.17, 15) is 0 Å². The second kappa shape index (κ2) is 27.3. The fourth-order valence-corrected chi connectivity index (χ4v) is 0. The van der Waals surface area contributed by atoms with Gasteiger partial charge in [-0.05, 0) is 6.42 Å². The third-order valence-corrected chi connectivity index (χ3v) is 0. The Morgan fingerprint density at radius 2 is 1.40 bits per heavy atom. The first-order chi connectivity index (χ1) is 2.41. The summed E-state index contributed by atoms with van der Waals surface area (Å²) < 4.78 is 8.06. The molecule has 0 rings (SSSR count). The Kier molecular flexibility index (Phi) is 49.2. The van der Waals surface area contributed by atoms with E-state index in [-0.39, 0.29) is 0 Å². The number of rotatable bonds is 0. The molecule has 0 aromatic carbocycles. The van der Waals surface area contributed by atoms with Crippen molar-refractivity contribution in [1.29, 1.82) is 0 Å². The van der Waals surface area contributed by atoms with Crippen LogP contribution in [0.25, 0.3) is 0 Å². The molecular weight excluding hydrogens is 107 g/mol. The molecule has 0 spiro atoms. The molecule has 5 heavy (non-hydrogen) atoms. The normalized spacial score (nSPS) is 4.40. The van der Waals surface area contributed by atoms with Crippen LogP contribution in [0.5, 0.6) is 0 Å². The average Bonchev–Trinajstić information content (AvgIpc) is 1.46. The van der Waals surface area contributed by atoms with Gasteiger partial charge in [-0.3, -0.25) is 0 Å². The van der Waals surface area contributed by atoms with Crippen molar-refractivity contribution in [2.45, 2.75) is 13.8 Å². The van der Waals surface area contributed by atoms with Gasteiger partial charge in [0.15, 0.2) is 0 Å². The Balaban J connectivity index is 0. The molecule has 1 nitrogen and oxygen atoms in total. The Labute approximate surface area is 40.8 Å². The van der Waals surface area contributed by atoms with Crippen molar-refractivity contribution >= 4 is 0 Å².